The summed E-state index contributed by atoms with van der Waals surface area (Å²) in [6.45, 7) is 0.441. The Morgan fingerprint density at radius 1 is 0.667 bits per heavy atom. The number of benzene rings is 5. The van der Waals surface area contributed by atoms with Gasteiger partial charge in [0.2, 0.25) is 0 Å². The fourth-order valence-electron chi connectivity index (χ4n) is 5.58. The monoisotopic (exact) mass is 625 g/mol. The normalized spacial score (nSPS) is 13.4. The first-order valence-corrected chi connectivity index (χ1v) is 15.9. The molecule has 0 aliphatic rings. The number of nitrogens with zero attached hydrogens (tertiary/aromatic N) is 3. The predicted molar refractivity (Wildman–Crippen MR) is 168 cm³/mol. The molecule has 1 aromatic heterocycles. The van der Waals surface area contributed by atoms with Crippen LogP contribution in [0.4, 0.5) is 8.78 Å². The van der Waals surface area contributed by atoms with Crippen molar-refractivity contribution < 1.29 is 27.9 Å². The van der Waals surface area contributed by atoms with E-state index in [0.717, 1.165) is 40.1 Å². The van der Waals surface area contributed by atoms with Gasteiger partial charge in [0.15, 0.2) is 0 Å². The molecule has 0 saturated heterocycles. The molecule has 0 aliphatic carbocycles. The Labute approximate surface area is 258 Å². The molecule has 0 fully saturated rings. The van der Waals surface area contributed by atoms with Crippen LogP contribution in [0, 0.1) is 0 Å². The topological polar surface area (TPSA) is 97.5 Å². The number of halogens is 2. The molecule has 0 amide bonds. The zero-order chi connectivity index (χ0) is 31.5. The van der Waals surface area contributed by atoms with Crippen molar-refractivity contribution in [1.29, 1.82) is 0 Å². The number of fused-ring (bicyclic) bond motifs is 1. The minimum absolute atomic E-state index is 0.318. The number of hydrogen-bond acceptors (Lipinski definition) is 4. The molecule has 228 valence electrons. The van der Waals surface area contributed by atoms with Crippen LogP contribution < -0.4 is 4.74 Å². The molecule has 0 radical (unpaired) electrons. The van der Waals surface area contributed by atoms with Gasteiger partial charge in [0.05, 0.1) is 11.1 Å². The van der Waals surface area contributed by atoms with E-state index in [1.165, 1.54) is 12.1 Å². The number of alkyl halides is 2. The molecule has 5 aromatic carbocycles. The van der Waals surface area contributed by atoms with Crippen molar-refractivity contribution in [1.82, 2.24) is 15.0 Å². The van der Waals surface area contributed by atoms with Crippen LogP contribution in [0.15, 0.2) is 133 Å². The Balaban J connectivity index is 1.41. The van der Waals surface area contributed by atoms with Gasteiger partial charge in [-0.3, -0.25) is 4.57 Å². The fraction of sp³-hybridized carbons (Fsp3) is 0.143. The smallest absolute Gasteiger partial charge is 0.399 e. The van der Waals surface area contributed by atoms with Crippen LogP contribution in [-0.2, 0) is 35.2 Å². The standard InChI is InChI=1S/C35H30F2N3O4P/c36-35(37,45(41,42)43)30-19-15-26(16-20-30)23-34(29-11-5-2-6-12-29,40-33-14-8-7-13-32(33)38-39-40)24-27-17-21-31(22-18-27)44-25-28-9-3-1-4-10-28/h1-22H,23-25H2,(H2,41,42,43). The van der Waals surface area contributed by atoms with E-state index in [-0.39, 0.29) is 0 Å². The van der Waals surface area contributed by atoms with E-state index in [1.807, 2.05) is 114 Å². The molecule has 1 atom stereocenters. The van der Waals surface area contributed by atoms with E-state index in [0.29, 0.717) is 30.5 Å². The zero-order valence-corrected chi connectivity index (χ0v) is 25.0. The second kappa shape index (κ2) is 12.4. The van der Waals surface area contributed by atoms with Gasteiger partial charge in [-0.05, 0) is 46.5 Å². The Kier molecular flexibility index (Phi) is 8.34. The quantitative estimate of drug-likeness (QED) is 0.145. The van der Waals surface area contributed by atoms with Crippen LogP contribution in [-0.4, -0.2) is 24.8 Å². The van der Waals surface area contributed by atoms with Crippen molar-refractivity contribution in [3.8, 4) is 5.75 Å². The SMILES string of the molecule is O=P(O)(O)C(F)(F)c1ccc(CC(Cc2ccc(OCc3ccccc3)cc2)(c2ccccc2)n2nnc3ccccc32)cc1. The lowest BCUT2D eigenvalue weighted by atomic mass is 9.78. The lowest BCUT2D eigenvalue weighted by Crippen LogP contribution is -2.40. The van der Waals surface area contributed by atoms with Gasteiger partial charge in [-0.1, -0.05) is 114 Å². The first-order valence-electron chi connectivity index (χ1n) is 14.3. The Hall–Kier alpha value is -4.69. The number of para-hydroxylation sites is 1. The average molecular weight is 626 g/mol. The minimum atomic E-state index is -5.70. The van der Waals surface area contributed by atoms with Crippen molar-refractivity contribution in [2.45, 2.75) is 30.7 Å². The van der Waals surface area contributed by atoms with Crippen molar-refractivity contribution in [3.05, 3.63) is 161 Å². The van der Waals surface area contributed by atoms with Crippen molar-refractivity contribution in [3.63, 3.8) is 0 Å². The van der Waals surface area contributed by atoms with E-state index in [1.54, 1.807) is 0 Å². The summed E-state index contributed by atoms with van der Waals surface area (Å²) in [7, 11) is -5.70. The molecule has 10 heteroatoms. The van der Waals surface area contributed by atoms with Crippen molar-refractivity contribution in [2.24, 2.45) is 0 Å². The third-order valence-corrected chi connectivity index (χ3v) is 8.89. The maximum atomic E-state index is 14.5. The van der Waals surface area contributed by atoms with Crippen molar-refractivity contribution >= 4 is 18.6 Å². The Morgan fingerprint density at radius 2 is 1.22 bits per heavy atom. The zero-order valence-electron chi connectivity index (χ0n) is 24.1. The van der Waals surface area contributed by atoms with Gasteiger partial charge >= 0.3 is 13.3 Å². The van der Waals surface area contributed by atoms with Crippen LogP contribution in [0.25, 0.3) is 11.0 Å². The molecule has 6 rings (SSSR count). The van der Waals surface area contributed by atoms with Gasteiger partial charge in [-0.2, -0.15) is 8.78 Å². The molecular formula is C35H30F2N3O4P. The summed E-state index contributed by atoms with van der Waals surface area (Å²) in [6, 6.07) is 40.3. The van der Waals surface area contributed by atoms with E-state index >= 15 is 0 Å². The summed E-state index contributed by atoms with van der Waals surface area (Å²) < 4.78 is 48.3. The van der Waals surface area contributed by atoms with Crippen molar-refractivity contribution in [2.75, 3.05) is 0 Å². The first kappa shape index (κ1) is 30.3. The van der Waals surface area contributed by atoms with Crippen LogP contribution in [0.1, 0.15) is 27.8 Å². The maximum Gasteiger partial charge on any atom is 0.399 e. The van der Waals surface area contributed by atoms with Crippen LogP contribution in [0.3, 0.4) is 0 Å². The predicted octanol–water partition coefficient (Wildman–Crippen LogP) is 7.47. The largest absolute Gasteiger partial charge is 0.489 e. The lowest BCUT2D eigenvalue weighted by Gasteiger charge is -2.36. The van der Waals surface area contributed by atoms with E-state index < -0.39 is 24.4 Å². The van der Waals surface area contributed by atoms with Crippen LogP contribution >= 0.6 is 7.60 Å². The Bertz CT molecular complexity index is 1930. The summed E-state index contributed by atoms with van der Waals surface area (Å²) in [5.74, 6) is 0.723. The van der Waals surface area contributed by atoms with E-state index in [4.69, 9.17) is 4.74 Å². The third kappa shape index (κ3) is 6.28. The molecule has 2 N–H and O–H groups in total. The molecule has 0 spiro atoms. The second-order valence-electron chi connectivity index (χ2n) is 10.9. The number of hydrogen-bond donors (Lipinski definition) is 2. The summed E-state index contributed by atoms with van der Waals surface area (Å²) in [5, 5.41) is 9.07. The highest BCUT2D eigenvalue weighted by Gasteiger charge is 2.50. The summed E-state index contributed by atoms with van der Waals surface area (Å²) in [6.07, 6.45) is 0.780. The number of ether oxygens (including phenoxy) is 1. The molecule has 1 unspecified atom stereocenters. The van der Waals surface area contributed by atoms with Gasteiger partial charge in [0.1, 0.15) is 17.9 Å². The van der Waals surface area contributed by atoms with Gasteiger partial charge in [-0.15, -0.1) is 5.10 Å². The lowest BCUT2D eigenvalue weighted by molar-refractivity contribution is 0.0564. The molecule has 0 aliphatic heterocycles. The molecule has 0 bridgehead atoms. The van der Waals surface area contributed by atoms with E-state index in [9.17, 15) is 23.1 Å². The summed E-state index contributed by atoms with van der Waals surface area (Å²) in [4.78, 5) is 18.5. The van der Waals surface area contributed by atoms with Gasteiger partial charge in [0.25, 0.3) is 0 Å². The van der Waals surface area contributed by atoms with Gasteiger partial charge in [-0.25, -0.2) is 4.68 Å². The number of aromatic nitrogens is 3. The summed E-state index contributed by atoms with van der Waals surface area (Å²) in [5.41, 5.74) is -0.760. The molecule has 0 saturated carbocycles. The second-order valence-corrected chi connectivity index (χ2v) is 12.6. The molecular weight excluding hydrogens is 595 g/mol. The highest BCUT2D eigenvalue weighted by atomic mass is 31.2. The van der Waals surface area contributed by atoms with Crippen LogP contribution in [0.5, 0.6) is 5.75 Å². The average Bonchev–Trinajstić information content (AvgIpc) is 3.50. The fourth-order valence-corrected chi connectivity index (χ4v) is 6.07. The highest BCUT2D eigenvalue weighted by Crippen LogP contribution is 2.59. The Morgan fingerprint density at radius 3 is 1.84 bits per heavy atom. The van der Waals surface area contributed by atoms with E-state index in [2.05, 4.69) is 10.3 Å². The molecule has 45 heavy (non-hydrogen) atoms. The minimum Gasteiger partial charge on any atom is -0.489 e. The van der Waals surface area contributed by atoms with Crippen LogP contribution in [0.2, 0.25) is 0 Å². The van der Waals surface area contributed by atoms with Gasteiger partial charge < -0.3 is 14.5 Å². The molecule has 7 nitrogen and oxygen atoms in total. The summed E-state index contributed by atoms with van der Waals surface area (Å²) >= 11 is 0. The molecule has 6 aromatic rings. The third-order valence-electron chi connectivity index (χ3n) is 7.90. The highest BCUT2D eigenvalue weighted by molar-refractivity contribution is 7.52. The molecule has 1 heterocycles. The first-order chi connectivity index (χ1) is 21.7. The maximum absolute atomic E-state index is 14.5. The van der Waals surface area contributed by atoms with Gasteiger partial charge in [0, 0.05) is 18.4 Å². The number of rotatable bonds is 11.